The topological polar surface area (TPSA) is 82.5 Å². The van der Waals surface area contributed by atoms with Gasteiger partial charge in [-0.15, -0.1) is 11.3 Å². The number of nitrogens with one attached hydrogen (secondary N) is 1. The van der Waals surface area contributed by atoms with Crippen molar-refractivity contribution < 1.29 is 15.0 Å². The Labute approximate surface area is 114 Å². The Kier molecular flexibility index (Phi) is 4.01. The van der Waals surface area contributed by atoms with E-state index in [2.05, 4.69) is 10.3 Å². The summed E-state index contributed by atoms with van der Waals surface area (Å²) in [6.07, 6.45) is 0.448. The number of carbonyl (C=O) groups excluding carboxylic acids is 1. The van der Waals surface area contributed by atoms with Gasteiger partial charge in [-0.2, -0.15) is 0 Å². The van der Waals surface area contributed by atoms with Crippen LogP contribution in [0.25, 0.3) is 11.3 Å². The molecule has 6 heteroatoms. The predicted molar refractivity (Wildman–Crippen MR) is 73.0 cm³/mol. The molecule has 0 aliphatic carbocycles. The van der Waals surface area contributed by atoms with Crippen molar-refractivity contribution >= 4 is 17.2 Å². The molecule has 5 nitrogen and oxygen atoms in total. The smallest absolute Gasteiger partial charge is 0.220 e. The Morgan fingerprint density at radius 1 is 1.37 bits per heavy atom. The van der Waals surface area contributed by atoms with Gasteiger partial charge in [0.2, 0.25) is 5.91 Å². The van der Waals surface area contributed by atoms with Crippen molar-refractivity contribution in [3.8, 4) is 22.8 Å². The molecule has 19 heavy (non-hydrogen) atoms. The molecule has 100 valence electrons. The first-order chi connectivity index (χ1) is 9.10. The molecule has 0 radical (unpaired) electrons. The zero-order chi connectivity index (χ0) is 13.8. The van der Waals surface area contributed by atoms with Gasteiger partial charge in [-0.1, -0.05) is 6.92 Å². The van der Waals surface area contributed by atoms with Crippen LogP contribution in [0.5, 0.6) is 11.5 Å². The van der Waals surface area contributed by atoms with Crippen LogP contribution >= 0.6 is 11.3 Å². The third-order valence-corrected chi connectivity index (χ3v) is 3.43. The Morgan fingerprint density at radius 2 is 2.16 bits per heavy atom. The molecule has 0 saturated heterocycles. The second-order valence-corrected chi connectivity index (χ2v) is 4.90. The zero-order valence-electron chi connectivity index (χ0n) is 10.4. The van der Waals surface area contributed by atoms with Gasteiger partial charge < -0.3 is 15.5 Å². The number of aromatic hydroxyl groups is 2. The third kappa shape index (κ3) is 3.23. The summed E-state index contributed by atoms with van der Waals surface area (Å²) < 4.78 is 0. The molecule has 3 N–H and O–H groups in total. The fraction of sp³-hybridized carbons (Fsp3) is 0.231. The molecular formula is C13H14N2O3S. The van der Waals surface area contributed by atoms with E-state index >= 15 is 0 Å². The number of hydrogen-bond acceptors (Lipinski definition) is 5. The number of hydrogen-bond donors (Lipinski definition) is 3. The van der Waals surface area contributed by atoms with E-state index in [1.165, 1.54) is 23.5 Å². The van der Waals surface area contributed by atoms with Crippen molar-refractivity contribution in [2.45, 2.75) is 19.9 Å². The van der Waals surface area contributed by atoms with Crippen LogP contribution in [0.1, 0.15) is 18.4 Å². The quantitative estimate of drug-likeness (QED) is 0.749. The van der Waals surface area contributed by atoms with Crippen LogP contribution in [0.3, 0.4) is 0 Å². The number of carbonyl (C=O) groups is 1. The normalized spacial score (nSPS) is 10.4. The van der Waals surface area contributed by atoms with Crippen molar-refractivity contribution in [2.24, 2.45) is 0 Å². The summed E-state index contributed by atoms with van der Waals surface area (Å²) in [7, 11) is 0. The maximum Gasteiger partial charge on any atom is 0.220 e. The van der Waals surface area contributed by atoms with Gasteiger partial charge >= 0.3 is 0 Å². The lowest BCUT2D eigenvalue weighted by Crippen LogP contribution is -2.21. The summed E-state index contributed by atoms with van der Waals surface area (Å²) in [4.78, 5) is 15.5. The molecule has 0 saturated carbocycles. The molecule has 0 spiro atoms. The van der Waals surface area contributed by atoms with Gasteiger partial charge in [0, 0.05) is 17.4 Å². The van der Waals surface area contributed by atoms with Crippen LogP contribution in [0, 0.1) is 0 Å². The number of thiazole rings is 1. The number of phenols is 2. The maximum absolute atomic E-state index is 11.1. The average molecular weight is 278 g/mol. The highest BCUT2D eigenvalue weighted by Crippen LogP contribution is 2.30. The summed E-state index contributed by atoms with van der Waals surface area (Å²) in [5.41, 5.74) is 1.43. The van der Waals surface area contributed by atoms with E-state index in [-0.39, 0.29) is 17.4 Å². The number of nitrogens with zero attached hydrogens (tertiary/aromatic N) is 1. The molecule has 0 aliphatic heterocycles. The van der Waals surface area contributed by atoms with Gasteiger partial charge in [0.1, 0.15) is 5.01 Å². The van der Waals surface area contributed by atoms with Gasteiger partial charge in [-0.25, -0.2) is 4.98 Å². The van der Waals surface area contributed by atoms with Crippen LogP contribution in [-0.4, -0.2) is 21.1 Å². The Hall–Kier alpha value is -2.08. The van der Waals surface area contributed by atoms with Gasteiger partial charge in [0.25, 0.3) is 0 Å². The highest BCUT2D eigenvalue weighted by atomic mass is 32.1. The lowest BCUT2D eigenvalue weighted by atomic mass is 10.1. The van der Waals surface area contributed by atoms with Gasteiger partial charge in [-0.05, 0) is 18.2 Å². The highest BCUT2D eigenvalue weighted by Gasteiger charge is 2.08. The van der Waals surface area contributed by atoms with Gasteiger partial charge in [-0.3, -0.25) is 4.79 Å². The largest absolute Gasteiger partial charge is 0.504 e. The number of aromatic nitrogens is 1. The summed E-state index contributed by atoms with van der Waals surface area (Å²) in [5, 5.41) is 24.1. The lowest BCUT2D eigenvalue weighted by Gasteiger charge is -2.01. The Morgan fingerprint density at radius 3 is 2.84 bits per heavy atom. The van der Waals surface area contributed by atoms with E-state index in [4.69, 9.17) is 0 Å². The minimum Gasteiger partial charge on any atom is -0.504 e. The molecule has 2 aromatic rings. The third-order valence-electron chi connectivity index (χ3n) is 2.58. The molecule has 1 heterocycles. The van der Waals surface area contributed by atoms with E-state index in [1.807, 2.05) is 5.38 Å². The van der Waals surface area contributed by atoms with E-state index in [1.54, 1.807) is 13.0 Å². The standard InChI is InChI=1S/C13H14N2O3S/c1-2-12(18)14-6-13-15-9(7-19-13)8-3-4-10(16)11(17)5-8/h3-5,7,16-17H,2,6H2,1H3,(H,14,18). The minimum atomic E-state index is -0.175. The summed E-state index contributed by atoms with van der Waals surface area (Å²) in [6, 6.07) is 4.56. The number of amides is 1. The fourth-order valence-electron chi connectivity index (χ4n) is 1.51. The van der Waals surface area contributed by atoms with Crippen LogP contribution in [0.4, 0.5) is 0 Å². The Bertz CT molecular complexity index is 595. The Balaban J connectivity index is 2.12. The van der Waals surface area contributed by atoms with Crippen LogP contribution in [-0.2, 0) is 11.3 Å². The molecule has 0 fully saturated rings. The van der Waals surface area contributed by atoms with Crippen LogP contribution in [0.15, 0.2) is 23.6 Å². The number of benzene rings is 1. The molecule has 2 rings (SSSR count). The van der Waals surface area contributed by atoms with Crippen LogP contribution < -0.4 is 5.32 Å². The van der Waals surface area contributed by atoms with E-state index in [0.29, 0.717) is 18.7 Å². The molecule has 0 atom stereocenters. The second-order valence-electron chi connectivity index (χ2n) is 3.96. The first-order valence-corrected chi connectivity index (χ1v) is 6.71. The van der Waals surface area contributed by atoms with Crippen molar-refractivity contribution in [1.29, 1.82) is 0 Å². The SMILES string of the molecule is CCC(=O)NCc1nc(-c2ccc(O)c(O)c2)cs1. The van der Waals surface area contributed by atoms with E-state index in [0.717, 1.165) is 10.6 Å². The molecule has 0 bridgehead atoms. The first kappa shape index (κ1) is 13.4. The van der Waals surface area contributed by atoms with Crippen molar-refractivity contribution in [1.82, 2.24) is 10.3 Å². The van der Waals surface area contributed by atoms with Crippen LogP contribution in [0.2, 0.25) is 0 Å². The number of rotatable bonds is 4. The molecule has 1 aromatic heterocycles. The second kappa shape index (κ2) is 5.71. The number of phenolic OH excluding ortho intramolecular Hbond substituents is 2. The van der Waals surface area contributed by atoms with Gasteiger partial charge in [0.05, 0.1) is 12.2 Å². The monoisotopic (exact) mass is 278 g/mol. The summed E-state index contributed by atoms with van der Waals surface area (Å²) in [5.74, 6) is -0.347. The first-order valence-electron chi connectivity index (χ1n) is 5.83. The van der Waals surface area contributed by atoms with Gasteiger partial charge in [0.15, 0.2) is 11.5 Å². The highest BCUT2D eigenvalue weighted by molar-refractivity contribution is 7.09. The van der Waals surface area contributed by atoms with E-state index < -0.39 is 0 Å². The van der Waals surface area contributed by atoms with Crippen molar-refractivity contribution in [3.63, 3.8) is 0 Å². The lowest BCUT2D eigenvalue weighted by molar-refractivity contribution is -0.120. The molecule has 1 aromatic carbocycles. The molecule has 0 unspecified atom stereocenters. The van der Waals surface area contributed by atoms with E-state index in [9.17, 15) is 15.0 Å². The predicted octanol–water partition coefficient (Wildman–Crippen LogP) is 2.25. The minimum absolute atomic E-state index is 0.0148. The molecule has 1 amide bonds. The molecule has 0 aliphatic rings. The average Bonchev–Trinajstić information content (AvgIpc) is 2.88. The maximum atomic E-state index is 11.1. The summed E-state index contributed by atoms with van der Waals surface area (Å²) in [6.45, 7) is 2.20. The zero-order valence-corrected chi connectivity index (χ0v) is 11.2. The fourth-order valence-corrected chi connectivity index (χ4v) is 2.25. The molecular weight excluding hydrogens is 264 g/mol. The summed E-state index contributed by atoms with van der Waals surface area (Å²) >= 11 is 1.44. The van der Waals surface area contributed by atoms with Crippen molar-refractivity contribution in [3.05, 3.63) is 28.6 Å². The van der Waals surface area contributed by atoms with Crippen molar-refractivity contribution in [2.75, 3.05) is 0 Å².